The third-order valence-corrected chi connectivity index (χ3v) is 7.12. The maximum Gasteiger partial charge on any atom is 0.331 e. The van der Waals surface area contributed by atoms with Crippen LogP contribution in [0.3, 0.4) is 0 Å². The molecule has 0 bridgehead atoms. The molecule has 2 N–H and O–H groups in total. The number of rotatable bonds is 10. The normalized spacial score (nSPS) is 14.8. The lowest BCUT2D eigenvalue weighted by Gasteiger charge is -2.27. The first-order chi connectivity index (χ1) is 16.7. The van der Waals surface area contributed by atoms with Gasteiger partial charge in [-0.2, -0.15) is 9.57 Å². The number of allylic oxidation sites excluding steroid dienone is 4. The number of carboxylic acids is 1. The summed E-state index contributed by atoms with van der Waals surface area (Å²) in [5, 5.41) is 20.4. The van der Waals surface area contributed by atoms with E-state index in [9.17, 15) is 18.0 Å². The van der Waals surface area contributed by atoms with E-state index in [1.165, 1.54) is 59.9 Å². The van der Waals surface area contributed by atoms with E-state index in [-0.39, 0.29) is 34.2 Å². The molecule has 0 atom stereocenters. The van der Waals surface area contributed by atoms with Gasteiger partial charge < -0.3 is 10.4 Å². The summed E-state index contributed by atoms with van der Waals surface area (Å²) in [7, 11) is -3.71. The van der Waals surface area contributed by atoms with E-state index < -0.39 is 21.9 Å². The molecule has 0 aromatic heterocycles. The van der Waals surface area contributed by atoms with Crippen LogP contribution in [0.25, 0.3) is 0 Å². The largest absolute Gasteiger partial charge is 0.478 e. The second-order valence-corrected chi connectivity index (χ2v) is 9.42. The predicted octanol–water partition coefficient (Wildman–Crippen LogP) is 4.56. The first kappa shape index (κ1) is 29.6. The fraction of sp³-hybridized carbons (Fsp3) is 0.346. The summed E-state index contributed by atoms with van der Waals surface area (Å²) in [6, 6.07) is 7.51. The van der Waals surface area contributed by atoms with E-state index in [0.29, 0.717) is 0 Å². The van der Waals surface area contributed by atoms with E-state index in [1.54, 1.807) is 6.08 Å². The van der Waals surface area contributed by atoms with Crippen molar-refractivity contribution in [1.82, 2.24) is 9.62 Å². The van der Waals surface area contributed by atoms with Crippen molar-refractivity contribution in [3.8, 4) is 6.07 Å². The van der Waals surface area contributed by atoms with Crippen molar-refractivity contribution in [3.63, 3.8) is 0 Å². The molecule has 0 aliphatic heterocycles. The summed E-state index contributed by atoms with van der Waals surface area (Å²) in [5.41, 5.74) is 0.386. The Hall–Kier alpha value is -3.48. The van der Waals surface area contributed by atoms with Crippen LogP contribution in [0.15, 0.2) is 77.4 Å². The predicted molar refractivity (Wildman–Crippen MR) is 136 cm³/mol. The highest BCUT2D eigenvalue weighted by Crippen LogP contribution is 2.28. The Bertz CT molecular complexity index is 1120. The number of aliphatic carboxylic acids is 1. The Morgan fingerprint density at radius 3 is 2.34 bits per heavy atom. The zero-order valence-electron chi connectivity index (χ0n) is 20.4. The number of amides is 1. The number of hydrogen-bond acceptors (Lipinski definition) is 5. The summed E-state index contributed by atoms with van der Waals surface area (Å²) in [6.07, 6.45) is 10.5. The van der Waals surface area contributed by atoms with Crippen LogP contribution in [-0.2, 0) is 14.8 Å². The number of nitrogens with one attached hydrogen (secondary N) is 1. The first-order valence-corrected chi connectivity index (χ1v) is 12.9. The lowest BCUT2D eigenvalue weighted by atomic mass is 10.2. The standard InChI is InChI=1S/C24H27N3O5S.C2H6/c1-3-15-27(21-8-4-5-9-21)33(31,32)22-12-10-20(11-13-22)23(28)26-14-6-7-19(17-25)16-18(2)24(29)30;1-2/h3,6-7,10-14,16,21H,1,4-5,8-9,15H2,2H3,(H,26,28)(H,29,30);1-2H3/b14-6+,18-16+,19-7+;. The Labute approximate surface area is 208 Å². The molecule has 0 saturated heterocycles. The molecule has 1 amide bonds. The van der Waals surface area contributed by atoms with E-state index in [0.717, 1.165) is 25.7 Å². The monoisotopic (exact) mass is 499 g/mol. The number of carbonyl (C=O) groups is 2. The zero-order chi connectivity index (χ0) is 26.4. The Morgan fingerprint density at radius 2 is 1.83 bits per heavy atom. The number of nitrogens with zero attached hydrogens (tertiary/aromatic N) is 2. The fourth-order valence-electron chi connectivity index (χ4n) is 3.45. The van der Waals surface area contributed by atoms with Crippen LogP contribution in [0.1, 0.15) is 56.8 Å². The molecule has 1 aliphatic carbocycles. The molecule has 2 rings (SSSR count). The molecular weight excluding hydrogens is 466 g/mol. The highest BCUT2D eigenvalue weighted by Gasteiger charge is 2.32. The fourth-order valence-corrected chi connectivity index (χ4v) is 5.10. The van der Waals surface area contributed by atoms with Gasteiger partial charge in [0.05, 0.1) is 16.5 Å². The van der Waals surface area contributed by atoms with Crippen LogP contribution < -0.4 is 5.32 Å². The molecule has 0 spiro atoms. The van der Waals surface area contributed by atoms with Crippen molar-refractivity contribution in [2.24, 2.45) is 0 Å². The maximum absolute atomic E-state index is 13.1. The van der Waals surface area contributed by atoms with Gasteiger partial charge in [-0.1, -0.05) is 32.8 Å². The maximum atomic E-state index is 13.1. The van der Waals surface area contributed by atoms with Gasteiger partial charge in [0.2, 0.25) is 10.0 Å². The molecule has 1 aliphatic rings. The average Bonchev–Trinajstić information content (AvgIpc) is 3.39. The summed E-state index contributed by atoms with van der Waals surface area (Å²) in [4.78, 5) is 23.3. The highest BCUT2D eigenvalue weighted by atomic mass is 32.2. The van der Waals surface area contributed by atoms with Crippen LogP contribution in [0, 0.1) is 11.3 Å². The van der Waals surface area contributed by atoms with Crippen molar-refractivity contribution in [1.29, 1.82) is 5.26 Å². The molecule has 9 heteroatoms. The minimum atomic E-state index is -3.71. The molecule has 188 valence electrons. The number of carbonyl (C=O) groups excluding carboxylic acids is 1. The van der Waals surface area contributed by atoms with Gasteiger partial charge in [-0.15, -0.1) is 6.58 Å². The van der Waals surface area contributed by atoms with Gasteiger partial charge in [-0.25, -0.2) is 13.2 Å². The van der Waals surface area contributed by atoms with Gasteiger partial charge in [0, 0.05) is 29.9 Å². The second kappa shape index (κ2) is 14.7. The minimum absolute atomic E-state index is 0.00913. The van der Waals surface area contributed by atoms with E-state index in [2.05, 4.69) is 11.9 Å². The Morgan fingerprint density at radius 1 is 1.23 bits per heavy atom. The molecule has 0 radical (unpaired) electrons. The first-order valence-electron chi connectivity index (χ1n) is 11.4. The SMILES string of the molecule is C=CCN(C1CCCC1)S(=O)(=O)c1ccc(C(=O)N/C=C/C=C(C#N)\C=C(/C)C(=O)O)cc1.CC. The summed E-state index contributed by atoms with van der Waals surface area (Å²) in [6.45, 7) is 9.28. The van der Waals surface area contributed by atoms with Crippen molar-refractivity contribution in [3.05, 3.63) is 78.1 Å². The molecular formula is C26H33N3O5S. The average molecular weight is 500 g/mol. The van der Waals surface area contributed by atoms with Crippen LogP contribution in [0.4, 0.5) is 0 Å². The molecule has 0 heterocycles. The van der Waals surface area contributed by atoms with Gasteiger partial charge in [0.15, 0.2) is 0 Å². The molecule has 8 nitrogen and oxygen atoms in total. The van der Waals surface area contributed by atoms with Gasteiger partial charge in [0.25, 0.3) is 5.91 Å². The number of carboxylic acid groups (broad SMARTS) is 1. The summed E-state index contributed by atoms with van der Waals surface area (Å²) in [5.74, 6) is -1.59. The van der Waals surface area contributed by atoms with E-state index in [1.807, 2.05) is 19.9 Å². The topological polar surface area (TPSA) is 128 Å². The van der Waals surface area contributed by atoms with Crippen molar-refractivity contribution < 1.29 is 23.1 Å². The molecule has 35 heavy (non-hydrogen) atoms. The third-order valence-electron chi connectivity index (χ3n) is 5.19. The quantitative estimate of drug-likeness (QED) is 0.210. The van der Waals surface area contributed by atoms with Gasteiger partial charge in [0.1, 0.15) is 0 Å². The van der Waals surface area contributed by atoms with E-state index >= 15 is 0 Å². The van der Waals surface area contributed by atoms with Crippen molar-refractivity contribution >= 4 is 21.9 Å². The van der Waals surface area contributed by atoms with Gasteiger partial charge in [-0.3, -0.25) is 4.79 Å². The smallest absolute Gasteiger partial charge is 0.331 e. The Kier molecular flexibility index (Phi) is 12.4. The number of hydrogen-bond donors (Lipinski definition) is 2. The van der Waals surface area contributed by atoms with Crippen molar-refractivity contribution in [2.75, 3.05) is 6.54 Å². The molecule has 1 aromatic carbocycles. The van der Waals surface area contributed by atoms with Crippen LogP contribution in [0.2, 0.25) is 0 Å². The highest BCUT2D eigenvalue weighted by molar-refractivity contribution is 7.89. The van der Waals surface area contributed by atoms with Crippen LogP contribution >= 0.6 is 0 Å². The second-order valence-electron chi connectivity index (χ2n) is 7.52. The van der Waals surface area contributed by atoms with Gasteiger partial charge >= 0.3 is 5.97 Å². The molecule has 1 aromatic rings. The number of benzene rings is 1. The summed E-state index contributed by atoms with van der Waals surface area (Å²) >= 11 is 0. The van der Waals surface area contributed by atoms with Crippen LogP contribution in [0.5, 0.6) is 0 Å². The van der Waals surface area contributed by atoms with Crippen molar-refractivity contribution in [2.45, 2.75) is 57.4 Å². The van der Waals surface area contributed by atoms with E-state index in [4.69, 9.17) is 10.4 Å². The molecule has 1 saturated carbocycles. The zero-order valence-corrected chi connectivity index (χ0v) is 21.2. The lowest BCUT2D eigenvalue weighted by Crippen LogP contribution is -2.38. The minimum Gasteiger partial charge on any atom is -0.478 e. The summed E-state index contributed by atoms with van der Waals surface area (Å²) < 4.78 is 27.7. The Balaban J connectivity index is 0.00000298. The molecule has 0 unspecified atom stereocenters. The number of sulfonamides is 1. The molecule has 1 fully saturated rings. The third kappa shape index (κ3) is 8.67. The van der Waals surface area contributed by atoms with Crippen LogP contribution in [-0.4, -0.2) is 42.3 Å². The number of nitriles is 1. The lowest BCUT2D eigenvalue weighted by molar-refractivity contribution is -0.132. The van der Waals surface area contributed by atoms with Gasteiger partial charge in [-0.05, 0) is 62.3 Å².